The number of carbonyl (C=O) groups is 2. The lowest BCUT2D eigenvalue weighted by atomic mass is 10.0. The van der Waals surface area contributed by atoms with Crippen LogP contribution in [0, 0.1) is 0 Å². The Labute approximate surface area is 150 Å². The van der Waals surface area contributed by atoms with Crippen molar-refractivity contribution in [2.75, 3.05) is 7.05 Å². The fraction of sp³-hybridized carbons (Fsp3) is 0.250. The number of sulfonamides is 1. The van der Waals surface area contributed by atoms with Gasteiger partial charge in [-0.3, -0.25) is 9.59 Å². The minimum absolute atomic E-state index is 0.0112. The van der Waals surface area contributed by atoms with Crippen LogP contribution in [0.3, 0.4) is 0 Å². The van der Waals surface area contributed by atoms with Crippen molar-refractivity contribution >= 4 is 33.2 Å². The summed E-state index contributed by atoms with van der Waals surface area (Å²) in [5.41, 5.74) is 0.816. The molecule has 0 saturated carbocycles. The lowest BCUT2D eigenvalue weighted by Gasteiger charge is -2.18. The molecule has 0 aliphatic rings. The van der Waals surface area contributed by atoms with Gasteiger partial charge in [0.2, 0.25) is 21.8 Å². The molecule has 0 spiro atoms. The van der Waals surface area contributed by atoms with Gasteiger partial charge in [0.05, 0.1) is 18.9 Å². The van der Waals surface area contributed by atoms with Crippen molar-refractivity contribution in [3.63, 3.8) is 0 Å². The second-order valence-corrected chi connectivity index (χ2v) is 8.31. The van der Waals surface area contributed by atoms with E-state index in [1.165, 1.54) is 13.1 Å². The van der Waals surface area contributed by atoms with Crippen LogP contribution in [0.1, 0.15) is 22.9 Å². The number of carbonyl (C=O) groups excluding carboxylic acids is 2. The molecule has 0 aliphatic carbocycles. The Balaban J connectivity index is 2.09. The number of hydrogen-bond acceptors (Lipinski definition) is 5. The summed E-state index contributed by atoms with van der Waals surface area (Å²) < 4.78 is 22.6. The molecule has 134 valence electrons. The number of hydrogen-bond donors (Lipinski definition) is 3. The van der Waals surface area contributed by atoms with Crippen molar-refractivity contribution in [3.8, 4) is 0 Å². The molecule has 0 bridgehead atoms. The van der Waals surface area contributed by atoms with Crippen LogP contribution < -0.4 is 15.8 Å². The molecule has 7 nitrogen and oxygen atoms in total. The van der Waals surface area contributed by atoms with E-state index < -0.39 is 16.1 Å². The molecule has 2 amide bonds. The number of benzene rings is 1. The molecule has 0 fully saturated rings. The predicted octanol–water partition coefficient (Wildman–Crippen LogP) is 0.932. The van der Waals surface area contributed by atoms with Crippen LogP contribution in [0.5, 0.6) is 0 Å². The molecule has 4 N–H and O–H groups in total. The monoisotopic (exact) mass is 381 g/mol. The van der Waals surface area contributed by atoms with E-state index in [0.717, 1.165) is 16.9 Å². The Kier molecular flexibility index (Phi) is 6.29. The Morgan fingerprint density at radius 3 is 2.36 bits per heavy atom. The molecular formula is C16H19N3O4S2. The number of amides is 2. The largest absolute Gasteiger partial charge is 0.359 e. The molecule has 1 heterocycles. The predicted molar refractivity (Wildman–Crippen MR) is 95.4 cm³/mol. The van der Waals surface area contributed by atoms with Gasteiger partial charge in [0.15, 0.2) is 0 Å². The van der Waals surface area contributed by atoms with Gasteiger partial charge in [0.1, 0.15) is 4.21 Å². The molecule has 0 saturated heterocycles. The van der Waals surface area contributed by atoms with E-state index >= 15 is 0 Å². The first-order valence-electron chi connectivity index (χ1n) is 7.46. The Morgan fingerprint density at radius 1 is 1.12 bits per heavy atom. The van der Waals surface area contributed by atoms with Gasteiger partial charge in [-0.05, 0) is 17.7 Å². The minimum atomic E-state index is -3.77. The molecule has 1 aromatic heterocycles. The first kappa shape index (κ1) is 19.1. The van der Waals surface area contributed by atoms with Crippen molar-refractivity contribution in [1.82, 2.24) is 10.6 Å². The summed E-state index contributed by atoms with van der Waals surface area (Å²) in [6.45, 7) is 0. The molecule has 1 atom stereocenters. The summed E-state index contributed by atoms with van der Waals surface area (Å²) in [7, 11) is -2.23. The third kappa shape index (κ3) is 5.66. The third-order valence-corrected chi connectivity index (χ3v) is 5.98. The lowest BCUT2D eigenvalue weighted by Crippen LogP contribution is -2.33. The summed E-state index contributed by atoms with van der Waals surface area (Å²) in [5.74, 6) is -0.498. The number of nitrogens with one attached hydrogen (secondary N) is 2. The fourth-order valence-electron chi connectivity index (χ4n) is 2.23. The average Bonchev–Trinajstić information content (AvgIpc) is 3.03. The summed E-state index contributed by atoms with van der Waals surface area (Å²) in [6.07, 6.45) is 0.121. The molecule has 25 heavy (non-hydrogen) atoms. The van der Waals surface area contributed by atoms with Gasteiger partial charge in [-0.15, -0.1) is 11.3 Å². The van der Waals surface area contributed by atoms with Crippen molar-refractivity contribution in [3.05, 3.63) is 52.9 Å². The maximum Gasteiger partial charge on any atom is 0.247 e. The molecule has 2 rings (SSSR count). The van der Waals surface area contributed by atoms with E-state index in [0.29, 0.717) is 4.88 Å². The van der Waals surface area contributed by atoms with Crippen molar-refractivity contribution < 1.29 is 18.0 Å². The van der Waals surface area contributed by atoms with E-state index in [1.54, 1.807) is 6.07 Å². The third-order valence-electron chi connectivity index (χ3n) is 3.46. The first-order valence-corrected chi connectivity index (χ1v) is 9.82. The second-order valence-electron chi connectivity index (χ2n) is 5.35. The van der Waals surface area contributed by atoms with Crippen LogP contribution in [0.25, 0.3) is 0 Å². The molecule has 1 unspecified atom stereocenters. The van der Waals surface area contributed by atoms with Gasteiger partial charge in [-0.2, -0.15) is 0 Å². The van der Waals surface area contributed by atoms with E-state index in [2.05, 4.69) is 10.6 Å². The zero-order valence-electron chi connectivity index (χ0n) is 13.6. The van der Waals surface area contributed by atoms with E-state index in [4.69, 9.17) is 5.14 Å². The van der Waals surface area contributed by atoms with Crippen molar-refractivity contribution in [1.29, 1.82) is 0 Å². The van der Waals surface area contributed by atoms with E-state index in [-0.39, 0.29) is 28.9 Å². The summed E-state index contributed by atoms with van der Waals surface area (Å²) >= 11 is 0.956. The van der Waals surface area contributed by atoms with Crippen LogP contribution in [0.2, 0.25) is 0 Å². The van der Waals surface area contributed by atoms with Crippen LogP contribution in [0.4, 0.5) is 0 Å². The van der Waals surface area contributed by atoms with E-state index in [1.807, 2.05) is 30.3 Å². The number of thiophene rings is 1. The summed E-state index contributed by atoms with van der Waals surface area (Å²) in [5, 5.41) is 10.4. The van der Waals surface area contributed by atoms with Gasteiger partial charge >= 0.3 is 0 Å². The highest BCUT2D eigenvalue weighted by molar-refractivity contribution is 7.91. The first-order chi connectivity index (χ1) is 11.8. The fourth-order valence-corrected chi connectivity index (χ4v) is 4.01. The lowest BCUT2D eigenvalue weighted by molar-refractivity contribution is -0.123. The minimum Gasteiger partial charge on any atom is -0.359 e. The molecular weight excluding hydrogens is 362 g/mol. The molecule has 0 radical (unpaired) electrons. The molecule has 2 aromatic rings. The average molecular weight is 381 g/mol. The topological polar surface area (TPSA) is 118 Å². The smallest absolute Gasteiger partial charge is 0.247 e. The van der Waals surface area contributed by atoms with E-state index in [9.17, 15) is 18.0 Å². The maximum atomic E-state index is 12.3. The quantitative estimate of drug-likeness (QED) is 0.661. The molecule has 0 aliphatic heterocycles. The van der Waals surface area contributed by atoms with Crippen LogP contribution >= 0.6 is 11.3 Å². The zero-order chi connectivity index (χ0) is 18.4. The van der Waals surface area contributed by atoms with Gasteiger partial charge < -0.3 is 10.6 Å². The van der Waals surface area contributed by atoms with Gasteiger partial charge in [-0.25, -0.2) is 13.6 Å². The van der Waals surface area contributed by atoms with Crippen molar-refractivity contribution in [2.24, 2.45) is 5.14 Å². The van der Waals surface area contributed by atoms with Gasteiger partial charge in [-0.1, -0.05) is 30.3 Å². The normalized spacial score (nSPS) is 12.4. The van der Waals surface area contributed by atoms with Crippen LogP contribution in [-0.2, 0) is 26.0 Å². The molecule has 9 heteroatoms. The highest BCUT2D eigenvalue weighted by Crippen LogP contribution is 2.22. The summed E-state index contributed by atoms with van der Waals surface area (Å²) in [6, 6.07) is 11.6. The molecule has 1 aromatic carbocycles. The Morgan fingerprint density at radius 2 is 1.80 bits per heavy atom. The Bertz CT molecular complexity index is 847. The standard InChI is InChI=1S/C16H19N3O4S2/c1-18-14(20)10-13(11-5-3-2-4-6-11)19-15(21)9-12-7-8-16(24-12)25(17,22)23/h2-8,13H,9-10H2,1H3,(H,18,20)(H,19,21)(H2,17,22,23). The highest BCUT2D eigenvalue weighted by atomic mass is 32.2. The number of primary sulfonamides is 1. The zero-order valence-corrected chi connectivity index (χ0v) is 15.2. The van der Waals surface area contributed by atoms with Gasteiger partial charge in [0, 0.05) is 11.9 Å². The van der Waals surface area contributed by atoms with Gasteiger partial charge in [0.25, 0.3) is 0 Å². The highest BCUT2D eigenvalue weighted by Gasteiger charge is 2.19. The second kappa shape index (κ2) is 8.24. The van der Waals surface area contributed by atoms with Crippen LogP contribution in [0.15, 0.2) is 46.7 Å². The summed E-state index contributed by atoms with van der Waals surface area (Å²) in [4.78, 5) is 24.6. The van der Waals surface area contributed by atoms with Crippen LogP contribution in [-0.4, -0.2) is 27.3 Å². The Hall–Kier alpha value is -2.23. The van der Waals surface area contributed by atoms with Crippen molar-refractivity contribution in [2.45, 2.75) is 23.1 Å². The maximum absolute atomic E-state index is 12.3. The SMILES string of the molecule is CNC(=O)CC(NC(=O)Cc1ccc(S(N)(=O)=O)s1)c1ccccc1. The number of rotatable bonds is 7. The number of nitrogens with two attached hydrogens (primary N) is 1.